The highest BCUT2D eigenvalue weighted by molar-refractivity contribution is 5.91. The van der Waals surface area contributed by atoms with Crippen LogP contribution in [0.15, 0.2) is 60.2 Å². The van der Waals surface area contributed by atoms with Crippen LogP contribution in [0.3, 0.4) is 0 Å². The summed E-state index contributed by atoms with van der Waals surface area (Å²) in [5, 5.41) is 3.01. The molecule has 1 aliphatic heterocycles. The molecule has 1 aromatic rings. The molecular weight excluding hydrogens is 296 g/mol. The van der Waals surface area contributed by atoms with Gasteiger partial charge < -0.3 is 5.32 Å². The number of rotatable bonds is 5. The van der Waals surface area contributed by atoms with Crippen molar-refractivity contribution < 1.29 is 4.79 Å². The first-order valence-corrected chi connectivity index (χ1v) is 8.91. The highest BCUT2D eigenvalue weighted by atomic mass is 16.1. The van der Waals surface area contributed by atoms with Crippen LogP contribution in [0.4, 0.5) is 0 Å². The summed E-state index contributed by atoms with van der Waals surface area (Å²) in [6.07, 6.45) is 15.3. The monoisotopic (exact) mass is 322 g/mol. The molecule has 3 heteroatoms. The summed E-state index contributed by atoms with van der Waals surface area (Å²) in [4.78, 5) is 14.5. The van der Waals surface area contributed by atoms with E-state index in [0.717, 1.165) is 25.1 Å². The molecule has 0 fully saturated rings. The molecule has 0 unspecified atom stereocenters. The molecule has 1 heterocycles. The lowest BCUT2D eigenvalue weighted by molar-refractivity contribution is -0.116. The number of carbonyl (C=O) groups is 1. The number of amides is 1. The Morgan fingerprint density at radius 2 is 2.12 bits per heavy atom. The first kappa shape index (κ1) is 16.7. The minimum Gasteiger partial charge on any atom is -0.349 e. The van der Waals surface area contributed by atoms with Crippen LogP contribution in [0.2, 0.25) is 0 Å². The molecule has 24 heavy (non-hydrogen) atoms. The molecule has 0 radical (unpaired) electrons. The molecule has 0 aromatic heterocycles. The molecule has 0 spiro atoms. The number of hydrogen-bond acceptors (Lipinski definition) is 2. The lowest BCUT2D eigenvalue weighted by Crippen LogP contribution is -2.40. The van der Waals surface area contributed by atoms with E-state index in [4.69, 9.17) is 0 Å². The van der Waals surface area contributed by atoms with Crippen molar-refractivity contribution in [3.8, 4) is 0 Å². The maximum absolute atomic E-state index is 12.0. The first-order chi connectivity index (χ1) is 11.8. The standard InChI is InChI=1S/C21H26N2O/c24-21(14-13-18-8-3-1-4-9-18)22-16-19-10-7-15-23(17-19)20-11-5-2-6-12-20/h1,3-5,8-11,13-14,20H,2,6-7,12,15-17H2,(H,22,24)/b14-13+/t20-/m1/s1. The van der Waals surface area contributed by atoms with Crippen molar-refractivity contribution in [1.29, 1.82) is 0 Å². The van der Waals surface area contributed by atoms with E-state index in [2.05, 4.69) is 28.4 Å². The van der Waals surface area contributed by atoms with Gasteiger partial charge in [-0.15, -0.1) is 0 Å². The quantitative estimate of drug-likeness (QED) is 0.664. The van der Waals surface area contributed by atoms with Crippen molar-refractivity contribution in [2.75, 3.05) is 19.6 Å². The highest BCUT2D eigenvalue weighted by Crippen LogP contribution is 2.20. The summed E-state index contributed by atoms with van der Waals surface area (Å²) >= 11 is 0. The molecule has 1 atom stereocenters. The highest BCUT2D eigenvalue weighted by Gasteiger charge is 2.20. The van der Waals surface area contributed by atoms with Crippen molar-refractivity contribution >= 4 is 12.0 Å². The summed E-state index contributed by atoms with van der Waals surface area (Å²) in [6, 6.07) is 10.5. The molecular formula is C21H26N2O. The van der Waals surface area contributed by atoms with E-state index in [-0.39, 0.29) is 5.91 Å². The van der Waals surface area contributed by atoms with Crippen LogP contribution in [-0.2, 0) is 4.79 Å². The second-order valence-corrected chi connectivity index (χ2v) is 6.51. The Kier molecular flexibility index (Phi) is 6.02. The molecule has 2 aliphatic rings. The lowest BCUT2D eigenvalue weighted by atomic mass is 9.99. The Bertz CT molecular complexity index is 630. The Balaban J connectivity index is 1.46. The van der Waals surface area contributed by atoms with Gasteiger partial charge in [0.1, 0.15) is 0 Å². The number of benzene rings is 1. The van der Waals surface area contributed by atoms with Crippen LogP contribution in [-0.4, -0.2) is 36.5 Å². The van der Waals surface area contributed by atoms with Gasteiger partial charge in [-0.25, -0.2) is 0 Å². The molecule has 1 amide bonds. The summed E-state index contributed by atoms with van der Waals surface area (Å²) in [6.45, 7) is 2.74. The number of nitrogens with one attached hydrogen (secondary N) is 1. The Hall–Kier alpha value is -2.13. The van der Waals surface area contributed by atoms with Crippen LogP contribution >= 0.6 is 0 Å². The van der Waals surface area contributed by atoms with Crippen molar-refractivity contribution in [2.45, 2.75) is 31.7 Å². The molecule has 0 saturated carbocycles. The zero-order valence-corrected chi connectivity index (χ0v) is 14.2. The molecule has 1 aliphatic carbocycles. The van der Waals surface area contributed by atoms with Crippen molar-refractivity contribution in [1.82, 2.24) is 10.2 Å². The van der Waals surface area contributed by atoms with Gasteiger partial charge in [-0.05, 0) is 42.9 Å². The summed E-state index contributed by atoms with van der Waals surface area (Å²) in [5.74, 6) is -0.0329. The van der Waals surface area contributed by atoms with Crippen LogP contribution in [0.1, 0.15) is 31.2 Å². The molecule has 1 N–H and O–H groups in total. The van der Waals surface area contributed by atoms with Gasteiger partial charge in [0, 0.05) is 31.8 Å². The van der Waals surface area contributed by atoms with E-state index in [1.54, 1.807) is 6.08 Å². The van der Waals surface area contributed by atoms with E-state index in [1.807, 2.05) is 36.4 Å². The molecule has 126 valence electrons. The predicted molar refractivity (Wildman–Crippen MR) is 99.5 cm³/mol. The number of allylic oxidation sites excluding steroid dienone is 1. The Morgan fingerprint density at radius 1 is 1.25 bits per heavy atom. The fourth-order valence-electron chi connectivity index (χ4n) is 3.34. The maximum atomic E-state index is 12.0. The van der Waals surface area contributed by atoms with E-state index >= 15 is 0 Å². The third kappa shape index (κ3) is 4.93. The fraction of sp³-hybridized carbons (Fsp3) is 0.381. The lowest BCUT2D eigenvalue weighted by Gasteiger charge is -2.34. The number of carbonyl (C=O) groups excluding carboxylic acids is 1. The topological polar surface area (TPSA) is 32.3 Å². The largest absolute Gasteiger partial charge is 0.349 e. The minimum atomic E-state index is -0.0329. The second-order valence-electron chi connectivity index (χ2n) is 6.51. The molecule has 3 nitrogen and oxygen atoms in total. The Morgan fingerprint density at radius 3 is 2.92 bits per heavy atom. The fourth-order valence-corrected chi connectivity index (χ4v) is 3.34. The number of nitrogens with zero attached hydrogens (tertiary/aromatic N) is 1. The van der Waals surface area contributed by atoms with Gasteiger partial charge in [0.25, 0.3) is 0 Å². The summed E-state index contributed by atoms with van der Waals surface area (Å²) in [5.41, 5.74) is 2.36. The van der Waals surface area contributed by atoms with Gasteiger partial charge in [-0.2, -0.15) is 0 Å². The SMILES string of the molecule is O=C(/C=C/c1ccccc1)NCC1=CCCN([C@@H]2C=CCCC2)C1. The van der Waals surface area contributed by atoms with E-state index in [1.165, 1.54) is 24.8 Å². The third-order valence-electron chi connectivity index (χ3n) is 4.67. The predicted octanol–water partition coefficient (Wildman–Crippen LogP) is 3.56. The van der Waals surface area contributed by atoms with Crippen LogP contribution < -0.4 is 5.32 Å². The van der Waals surface area contributed by atoms with Gasteiger partial charge in [0.15, 0.2) is 0 Å². The van der Waals surface area contributed by atoms with Crippen molar-refractivity contribution in [2.24, 2.45) is 0 Å². The van der Waals surface area contributed by atoms with Crippen molar-refractivity contribution in [3.05, 3.63) is 65.8 Å². The molecule has 1 aromatic carbocycles. The first-order valence-electron chi connectivity index (χ1n) is 8.91. The summed E-state index contributed by atoms with van der Waals surface area (Å²) < 4.78 is 0. The van der Waals surface area contributed by atoms with Gasteiger partial charge in [0.2, 0.25) is 5.91 Å². The van der Waals surface area contributed by atoms with Crippen molar-refractivity contribution in [3.63, 3.8) is 0 Å². The average molecular weight is 322 g/mol. The molecule has 0 bridgehead atoms. The average Bonchev–Trinajstić information content (AvgIpc) is 2.66. The minimum absolute atomic E-state index is 0.0329. The van der Waals surface area contributed by atoms with Gasteiger partial charge in [0.05, 0.1) is 0 Å². The zero-order valence-electron chi connectivity index (χ0n) is 14.2. The summed E-state index contributed by atoms with van der Waals surface area (Å²) in [7, 11) is 0. The number of hydrogen-bond donors (Lipinski definition) is 1. The van der Waals surface area contributed by atoms with E-state index < -0.39 is 0 Å². The van der Waals surface area contributed by atoms with Gasteiger partial charge >= 0.3 is 0 Å². The maximum Gasteiger partial charge on any atom is 0.244 e. The molecule has 3 rings (SSSR count). The van der Waals surface area contributed by atoms with Crippen LogP contribution in [0.25, 0.3) is 6.08 Å². The van der Waals surface area contributed by atoms with E-state index in [0.29, 0.717) is 12.6 Å². The third-order valence-corrected chi connectivity index (χ3v) is 4.67. The van der Waals surface area contributed by atoms with Crippen LogP contribution in [0, 0.1) is 0 Å². The van der Waals surface area contributed by atoms with Crippen LogP contribution in [0.5, 0.6) is 0 Å². The zero-order chi connectivity index (χ0) is 16.6. The van der Waals surface area contributed by atoms with Gasteiger partial charge in [-0.1, -0.05) is 48.6 Å². The normalized spacial score (nSPS) is 21.7. The second kappa shape index (κ2) is 8.65. The Labute approximate surface area is 144 Å². The van der Waals surface area contributed by atoms with E-state index in [9.17, 15) is 4.79 Å². The van der Waals surface area contributed by atoms with Gasteiger partial charge in [-0.3, -0.25) is 9.69 Å². The molecule has 0 saturated heterocycles. The smallest absolute Gasteiger partial charge is 0.244 e.